The summed E-state index contributed by atoms with van der Waals surface area (Å²) in [6.45, 7) is 2.67. The van der Waals surface area contributed by atoms with E-state index in [1.54, 1.807) is 39.3 Å². The Morgan fingerprint density at radius 2 is 2.06 bits per heavy atom. The van der Waals surface area contributed by atoms with Crippen LogP contribution in [0.15, 0.2) is 23.1 Å². The molecule has 0 bridgehead atoms. The maximum Gasteiger partial charge on any atom is 0.243 e. The van der Waals surface area contributed by atoms with Crippen LogP contribution < -0.4 is 5.73 Å². The highest BCUT2D eigenvalue weighted by atomic mass is 32.2. The molecule has 6 heteroatoms. The summed E-state index contributed by atoms with van der Waals surface area (Å²) in [5.41, 5.74) is 6.82. The number of rotatable bonds is 6. The minimum absolute atomic E-state index is 0.266. The first-order chi connectivity index (χ1) is 8.41. The van der Waals surface area contributed by atoms with Crippen LogP contribution in [0.1, 0.15) is 12.0 Å². The molecule has 0 fully saturated rings. The highest BCUT2D eigenvalue weighted by molar-refractivity contribution is 7.89. The molecule has 0 atom stereocenters. The van der Waals surface area contributed by atoms with E-state index in [-0.39, 0.29) is 4.90 Å². The number of sulfonamides is 1. The van der Waals surface area contributed by atoms with Crippen LogP contribution in [0.4, 0.5) is 5.69 Å². The average Bonchev–Trinajstić information content (AvgIpc) is 2.32. The lowest BCUT2D eigenvalue weighted by atomic mass is 10.2. The van der Waals surface area contributed by atoms with Gasteiger partial charge in [-0.25, -0.2) is 12.7 Å². The highest BCUT2D eigenvalue weighted by Crippen LogP contribution is 2.23. The summed E-state index contributed by atoms with van der Waals surface area (Å²) in [6, 6.07) is 4.92. The first kappa shape index (κ1) is 14.9. The number of ether oxygens (including phenoxy) is 1. The van der Waals surface area contributed by atoms with E-state index in [4.69, 9.17) is 10.5 Å². The molecule has 0 saturated carbocycles. The van der Waals surface area contributed by atoms with Crippen molar-refractivity contribution < 1.29 is 13.2 Å². The van der Waals surface area contributed by atoms with Gasteiger partial charge in [-0.05, 0) is 31.0 Å². The van der Waals surface area contributed by atoms with Crippen LogP contribution in [0, 0.1) is 6.92 Å². The van der Waals surface area contributed by atoms with Gasteiger partial charge in [0.2, 0.25) is 10.0 Å². The van der Waals surface area contributed by atoms with Gasteiger partial charge in [-0.3, -0.25) is 0 Å². The zero-order valence-corrected chi connectivity index (χ0v) is 11.8. The molecule has 0 unspecified atom stereocenters. The largest absolute Gasteiger partial charge is 0.398 e. The van der Waals surface area contributed by atoms with Crippen LogP contribution in [0.5, 0.6) is 0 Å². The number of nitrogen functional groups attached to an aromatic ring is 1. The van der Waals surface area contributed by atoms with E-state index in [1.165, 1.54) is 4.31 Å². The van der Waals surface area contributed by atoms with E-state index in [9.17, 15) is 8.42 Å². The summed E-state index contributed by atoms with van der Waals surface area (Å²) >= 11 is 0. The number of nitrogens with two attached hydrogens (primary N) is 1. The van der Waals surface area contributed by atoms with E-state index in [1.807, 2.05) is 0 Å². The Bertz CT molecular complexity index is 500. The minimum Gasteiger partial charge on any atom is -0.398 e. The molecule has 0 aliphatic heterocycles. The van der Waals surface area contributed by atoms with Gasteiger partial charge < -0.3 is 10.5 Å². The first-order valence-corrected chi connectivity index (χ1v) is 7.15. The summed E-state index contributed by atoms with van der Waals surface area (Å²) < 4.78 is 30.9. The minimum atomic E-state index is -3.47. The van der Waals surface area contributed by atoms with Crippen molar-refractivity contribution in [2.75, 3.05) is 33.0 Å². The molecule has 0 saturated heterocycles. The summed E-state index contributed by atoms with van der Waals surface area (Å²) in [6.07, 6.45) is 0.660. The second-order valence-electron chi connectivity index (χ2n) is 4.14. The third-order valence-corrected chi connectivity index (χ3v) is 4.84. The summed E-state index contributed by atoms with van der Waals surface area (Å²) in [4.78, 5) is 0.266. The maximum atomic E-state index is 12.3. The van der Waals surface area contributed by atoms with E-state index >= 15 is 0 Å². The Morgan fingerprint density at radius 3 is 2.67 bits per heavy atom. The molecule has 2 N–H and O–H groups in total. The molecule has 0 spiro atoms. The Hall–Kier alpha value is -1.11. The molecule has 0 aromatic heterocycles. The molecule has 0 aliphatic rings. The van der Waals surface area contributed by atoms with Gasteiger partial charge in [0.1, 0.15) is 0 Å². The summed E-state index contributed by atoms with van der Waals surface area (Å²) in [7, 11) is -0.318. The molecule has 1 aromatic rings. The monoisotopic (exact) mass is 272 g/mol. The zero-order valence-electron chi connectivity index (χ0n) is 11.0. The van der Waals surface area contributed by atoms with Crippen molar-refractivity contribution >= 4 is 15.7 Å². The number of anilines is 1. The first-order valence-electron chi connectivity index (χ1n) is 5.71. The molecule has 0 heterocycles. The van der Waals surface area contributed by atoms with E-state index in [0.29, 0.717) is 30.8 Å². The summed E-state index contributed by atoms with van der Waals surface area (Å²) in [5.74, 6) is 0. The fourth-order valence-corrected chi connectivity index (χ4v) is 3.09. The van der Waals surface area contributed by atoms with E-state index in [2.05, 4.69) is 0 Å². The number of methoxy groups -OCH3 is 1. The average molecular weight is 272 g/mol. The Labute approximate surface area is 109 Å². The molecule has 0 radical (unpaired) electrons. The van der Waals surface area contributed by atoms with Gasteiger partial charge >= 0.3 is 0 Å². The molecular formula is C12H20N2O3S. The predicted octanol–water partition coefficient (Wildman–Crippen LogP) is 1.23. The van der Waals surface area contributed by atoms with Crippen LogP contribution in [0.2, 0.25) is 0 Å². The van der Waals surface area contributed by atoms with Crippen molar-refractivity contribution in [2.45, 2.75) is 18.2 Å². The van der Waals surface area contributed by atoms with Crippen molar-refractivity contribution in [3.63, 3.8) is 0 Å². The Morgan fingerprint density at radius 1 is 1.39 bits per heavy atom. The van der Waals surface area contributed by atoms with Crippen LogP contribution >= 0.6 is 0 Å². The van der Waals surface area contributed by atoms with Gasteiger partial charge in [-0.15, -0.1) is 0 Å². The highest BCUT2D eigenvalue weighted by Gasteiger charge is 2.22. The molecule has 0 aliphatic carbocycles. The van der Waals surface area contributed by atoms with Crippen molar-refractivity contribution in [1.82, 2.24) is 4.31 Å². The number of hydrogen-bond acceptors (Lipinski definition) is 4. The lowest BCUT2D eigenvalue weighted by molar-refractivity contribution is 0.189. The zero-order chi connectivity index (χ0) is 13.8. The van der Waals surface area contributed by atoms with Gasteiger partial charge in [0.25, 0.3) is 0 Å². The SMILES string of the molecule is COCCCN(C)S(=O)(=O)c1cccc(N)c1C. The third-order valence-electron chi connectivity index (χ3n) is 2.84. The van der Waals surface area contributed by atoms with Crippen LogP contribution in [-0.4, -0.2) is 40.0 Å². The van der Waals surface area contributed by atoms with Crippen molar-refractivity contribution in [3.8, 4) is 0 Å². The number of benzene rings is 1. The number of nitrogens with zero attached hydrogens (tertiary/aromatic N) is 1. The standard InChI is InChI=1S/C12H20N2O3S/c1-10-11(13)6-4-7-12(10)18(15,16)14(2)8-5-9-17-3/h4,6-7H,5,8-9,13H2,1-3H3. The normalized spacial score (nSPS) is 12.0. The number of hydrogen-bond donors (Lipinski definition) is 1. The molecule has 102 valence electrons. The van der Waals surface area contributed by atoms with Gasteiger partial charge in [0.15, 0.2) is 0 Å². The molecule has 0 amide bonds. The molecule has 5 nitrogen and oxygen atoms in total. The van der Waals surface area contributed by atoms with Gasteiger partial charge in [-0.1, -0.05) is 6.07 Å². The van der Waals surface area contributed by atoms with E-state index < -0.39 is 10.0 Å². The van der Waals surface area contributed by atoms with Crippen LogP contribution in [0.3, 0.4) is 0 Å². The van der Waals surface area contributed by atoms with Gasteiger partial charge in [0, 0.05) is 33.0 Å². The van der Waals surface area contributed by atoms with Crippen molar-refractivity contribution in [2.24, 2.45) is 0 Å². The van der Waals surface area contributed by atoms with Crippen LogP contribution in [0.25, 0.3) is 0 Å². The molecule has 1 aromatic carbocycles. The lowest BCUT2D eigenvalue weighted by Gasteiger charge is -2.18. The van der Waals surface area contributed by atoms with Crippen molar-refractivity contribution in [1.29, 1.82) is 0 Å². The van der Waals surface area contributed by atoms with Gasteiger partial charge in [-0.2, -0.15) is 0 Å². The Balaban J connectivity index is 2.95. The summed E-state index contributed by atoms with van der Waals surface area (Å²) in [5, 5.41) is 0. The topological polar surface area (TPSA) is 72.6 Å². The fraction of sp³-hybridized carbons (Fsp3) is 0.500. The van der Waals surface area contributed by atoms with Crippen molar-refractivity contribution in [3.05, 3.63) is 23.8 Å². The molecule has 1 rings (SSSR count). The third kappa shape index (κ3) is 3.22. The van der Waals surface area contributed by atoms with Crippen LogP contribution in [-0.2, 0) is 14.8 Å². The van der Waals surface area contributed by atoms with Gasteiger partial charge in [0.05, 0.1) is 4.90 Å². The molecule has 18 heavy (non-hydrogen) atoms. The predicted molar refractivity (Wildman–Crippen MR) is 71.9 cm³/mol. The Kier molecular flexibility index (Phi) is 5.13. The lowest BCUT2D eigenvalue weighted by Crippen LogP contribution is -2.29. The molecular weight excluding hydrogens is 252 g/mol. The maximum absolute atomic E-state index is 12.3. The fourth-order valence-electron chi connectivity index (χ4n) is 1.63. The quantitative estimate of drug-likeness (QED) is 0.624. The smallest absolute Gasteiger partial charge is 0.243 e. The van der Waals surface area contributed by atoms with E-state index in [0.717, 1.165) is 0 Å². The second-order valence-corrected chi connectivity index (χ2v) is 6.16. The second kappa shape index (κ2) is 6.17.